The zero-order valence-electron chi connectivity index (χ0n) is 10.6. The van der Waals surface area contributed by atoms with Crippen LogP contribution in [0.25, 0.3) is 21.5 Å². The van der Waals surface area contributed by atoms with Crippen molar-refractivity contribution in [2.75, 3.05) is 6.54 Å². The summed E-state index contributed by atoms with van der Waals surface area (Å²) >= 11 is 0. The first-order valence-electron chi connectivity index (χ1n) is 6.16. The molecular formula is C16H18N2. The highest BCUT2D eigenvalue weighted by atomic mass is 15.2. The summed E-state index contributed by atoms with van der Waals surface area (Å²) in [6, 6.07) is 21.4. The number of fused-ring (bicyclic) bond motifs is 2. The summed E-state index contributed by atoms with van der Waals surface area (Å²) in [6.07, 6.45) is 0. The molecule has 92 valence electrons. The number of rotatable bonds is 1. The van der Waals surface area contributed by atoms with Gasteiger partial charge in [0.2, 0.25) is 0 Å². The van der Waals surface area contributed by atoms with E-state index in [-0.39, 0.29) is 0 Å². The van der Waals surface area contributed by atoms with E-state index in [9.17, 15) is 0 Å². The Bertz CT molecular complexity index is 525. The normalized spacial score (nSPS) is 10.1. The van der Waals surface area contributed by atoms with Crippen molar-refractivity contribution in [2.24, 2.45) is 5.84 Å². The van der Waals surface area contributed by atoms with E-state index in [2.05, 4.69) is 66.1 Å². The zero-order chi connectivity index (χ0) is 12.8. The Labute approximate surface area is 107 Å². The van der Waals surface area contributed by atoms with Crippen LogP contribution in [-0.2, 0) is 0 Å². The molecule has 3 aromatic rings. The molecule has 2 heteroatoms. The van der Waals surface area contributed by atoms with Crippen LogP contribution in [0.4, 0.5) is 0 Å². The van der Waals surface area contributed by atoms with Crippen LogP contribution in [0.5, 0.6) is 0 Å². The molecule has 0 fully saturated rings. The summed E-state index contributed by atoms with van der Waals surface area (Å²) in [7, 11) is 0. The average molecular weight is 238 g/mol. The number of hydrazine groups is 1. The fraction of sp³-hybridized carbons (Fsp3) is 0.125. The first kappa shape index (κ1) is 12.6. The second-order valence-electron chi connectivity index (χ2n) is 4.10. The first-order chi connectivity index (χ1) is 8.85. The van der Waals surface area contributed by atoms with Crippen LogP contribution in [0.15, 0.2) is 60.7 Å². The molecule has 0 amide bonds. The SMILES string of the molecule is CCNN.c1ccc2cc3ccccc3cc2c1. The molecule has 0 heterocycles. The van der Waals surface area contributed by atoms with Crippen molar-refractivity contribution in [1.29, 1.82) is 0 Å². The second-order valence-corrected chi connectivity index (χ2v) is 4.10. The summed E-state index contributed by atoms with van der Waals surface area (Å²) in [4.78, 5) is 0. The molecule has 0 aromatic heterocycles. The van der Waals surface area contributed by atoms with Crippen molar-refractivity contribution < 1.29 is 0 Å². The van der Waals surface area contributed by atoms with Crippen LogP contribution >= 0.6 is 0 Å². The lowest BCUT2D eigenvalue weighted by Gasteiger charge is -2.00. The number of benzene rings is 3. The Morgan fingerprint density at radius 3 is 1.28 bits per heavy atom. The Hall–Kier alpha value is -1.90. The quantitative estimate of drug-likeness (QED) is 0.387. The predicted molar refractivity (Wildman–Crippen MR) is 79.3 cm³/mol. The minimum absolute atomic E-state index is 0.847. The van der Waals surface area contributed by atoms with E-state index >= 15 is 0 Å². The number of nitrogens with two attached hydrogens (primary N) is 1. The van der Waals surface area contributed by atoms with Gasteiger partial charge in [0.05, 0.1) is 0 Å². The molecule has 0 aliphatic rings. The highest BCUT2D eigenvalue weighted by Gasteiger charge is 1.95. The van der Waals surface area contributed by atoms with Crippen molar-refractivity contribution in [3.8, 4) is 0 Å². The maximum atomic E-state index is 4.78. The Kier molecular flexibility index (Phi) is 4.29. The van der Waals surface area contributed by atoms with Gasteiger partial charge >= 0.3 is 0 Å². The summed E-state index contributed by atoms with van der Waals surface area (Å²) in [5, 5.41) is 5.25. The lowest BCUT2D eigenvalue weighted by Crippen LogP contribution is -2.20. The highest BCUT2D eigenvalue weighted by Crippen LogP contribution is 2.21. The Balaban J connectivity index is 0.000000267. The molecule has 0 saturated carbocycles. The minimum atomic E-state index is 0.847. The zero-order valence-corrected chi connectivity index (χ0v) is 10.6. The fourth-order valence-electron chi connectivity index (χ4n) is 1.88. The smallest absolute Gasteiger partial charge is 0.00689 e. The van der Waals surface area contributed by atoms with Gasteiger partial charge in [-0.1, -0.05) is 55.5 Å². The molecule has 0 radical (unpaired) electrons. The van der Waals surface area contributed by atoms with Gasteiger partial charge in [0.25, 0.3) is 0 Å². The fourth-order valence-corrected chi connectivity index (χ4v) is 1.88. The third-order valence-corrected chi connectivity index (χ3v) is 2.82. The molecule has 2 nitrogen and oxygen atoms in total. The van der Waals surface area contributed by atoms with E-state index < -0.39 is 0 Å². The number of hydrogen-bond donors (Lipinski definition) is 2. The van der Waals surface area contributed by atoms with Gasteiger partial charge in [-0.25, -0.2) is 0 Å². The topological polar surface area (TPSA) is 38.0 Å². The standard InChI is InChI=1S/C14H10.C2H8N2/c1-2-6-12-10-14-8-4-3-7-13(14)9-11(12)5-1;1-2-4-3/h1-10H;4H,2-3H2,1H3. The minimum Gasteiger partial charge on any atom is -0.271 e. The van der Waals surface area contributed by atoms with E-state index in [0.717, 1.165) is 6.54 Å². The summed E-state index contributed by atoms with van der Waals surface area (Å²) in [5.74, 6) is 4.78. The van der Waals surface area contributed by atoms with Crippen LogP contribution < -0.4 is 11.3 Å². The van der Waals surface area contributed by atoms with Gasteiger partial charge in [-0.05, 0) is 33.7 Å². The van der Waals surface area contributed by atoms with E-state index in [1.165, 1.54) is 21.5 Å². The molecular weight excluding hydrogens is 220 g/mol. The maximum Gasteiger partial charge on any atom is 0.00689 e. The van der Waals surface area contributed by atoms with E-state index in [0.29, 0.717) is 0 Å². The summed E-state index contributed by atoms with van der Waals surface area (Å²) in [6.45, 7) is 2.79. The molecule has 3 aromatic carbocycles. The molecule has 3 N–H and O–H groups in total. The molecule has 0 saturated heterocycles. The van der Waals surface area contributed by atoms with Crippen molar-refractivity contribution in [1.82, 2.24) is 5.43 Å². The monoisotopic (exact) mass is 238 g/mol. The van der Waals surface area contributed by atoms with Crippen LogP contribution in [0.3, 0.4) is 0 Å². The van der Waals surface area contributed by atoms with E-state index in [1.54, 1.807) is 0 Å². The van der Waals surface area contributed by atoms with Crippen molar-refractivity contribution in [3.63, 3.8) is 0 Å². The lowest BCUT2D eigenvalue weighted by atomic mass is 10.0. The van der Waals surface area contributed by atoms with Crippen molar-refractivity contribution in [2.45, 2.75) is 6.92 Å². The largest absolute Gasteiger partial charge is 0.271 e. The molecule has 0 atom stereocenters. The van der Waals surface area contributed by atoms with Gasteiger partial charge in [0, 0.05) is 6.54 Å². The van der Waals surface area contributed by atoms with Gasteiger partial charge in [-0.2, -0.15) is 0 Å². The maximum absolute atomic E-state index is 4.78. The van der Waals surface area contributed by atoms with Crippen molar-refractivity contribution in [3.05, 3.63) is 60.7 Å². The molecule has 18 heavy (non-hydrogen) atoms. The van der Waals surface area contributed by atoms with Gasteiger partial charge in [0.15, 0.2) is 0 Å². The van der Waals surface area contributed by atoms with Crippen LogP contribution in [0, 0.1) is 0 Å². The summed E-state index contributed by atoms with van der Waals surface area (Å²) < 4.78 is 0. The van der Waals surface area contributed by atoms with Crippen LogP contribution in [0.1, 0.15) is 6.92 Å². The molecule has 0 aliphatic carbocycles. The number of nitrogens with one attached hydrogen (secondary N) is 1. The van der Waals surface area contributed by atoms with Gasteiger partial charge in [0.1, 0.15) is 0 Å². The molecule has 0 spiro atoms. The molecule has 3 rings (SSSR count). The third kappa shape index (κ3) is 2.86. The second kappa shape index (κ2) is 6.15. The van der Waals surface area contributed by atoms with Crippen molar-refractivity contribution >= 4 is 21.5 Å². The Morgan fingerprint density at radius 1 is 0.778 bits per heavy atom. The highest BCUT2D eigenvalue weighted by molar-refractivity contribution is 5.98. The lowest BCUT2D eigenvalue weighted by molar-refractivity contribution is 0.781. The summed E-state index contributed by atoms with van der Waals surface area (Å²) in [5.41, 5.74) is 2.43. The van der Waals surface area contributed by atoms with E-state index in [1.807, 2.05) is 6.92 Å². The van der Waals surface area contributed by atoms with Crippen LogP contribution in [-0.4, -0.2) is 6.54 Å². The predicted octanol–water partition coefficient (Wildman–Crippen LogP) is 3.46. The van der Waals surface area contributed by atoms with Gasteiger partial charge in [-0.3, -0.25) is 11.3 Å². The molecule has 0 aliphatic heterocycles. The molecule has 0 bridgehead atoms. The third-order valence-electron chi connectivity index (χ3n) is 2.82. The van der Waals surface area contributed by atoms with Gasteiger partial charge < -0.3 is 0 Å². The Morgan fingerprint density at radius 2 is 1.06 bits per heavy atom. The molecule has 0 unspecified atom stereocenters. The number of hydrogen-bond acceptors (Lipinski definition) is 2. The van der Waals surface area contributed by atoms with Gasteiger partial charge in [-0.15, -0.1) is 0 Å². The van der Waals surface area contributed by atoms with E-state index in [4.69, 9.17) is 5.84 Å². The average Bonchev–Trinajstić information content (AvgIpc) is 2.45. The first-order valence-corrected chi connectivity index (χ1v) is 6.16. The van der Waals surface area contributed by atoms with Crippen LogP contribution in [0.2, 0.25) is 0 Å².